The van der Waals surface area contributed by atoms with E-state index in [1.807, 2.05) is 0 Å². The maximum atomic E-state index is 12.2. The molecular weight excluding hydrogens is 252 g/mol. The minimum absolute atomic E-state index is 0.0220. The van der Waals surface area contributed by atoms with Gasteiger partial charge < -0.3 is 24.8 Å². The lowest BCUT2D eigenvalue weighted by Crippen LogP contribution is -2.02. The van der Waals surface area contributed by atoms with Crippen molar-refractivity contribution in [1.29, 1.82) is 0 Å². The summed E-state index contributed by atoms with van der Waals surface area (Å²) in [5.74, 6) is -1.75. The van der Waals surface area contributed by atoms with Crippen molar-refractivity contribution in [3.05, 3.63) is 34.5 Å². The maximum Gasteiger partial charge on any atom is 0.204 e. The molecule has 3 aromatic rings. The number of rotatable bonds is 0. The van der Waals surface area contributed by atoms with Gasteiger partial charge in [0.15, 0.2) is 22.8 Å². The first kappa shape index (κ1) is 11.2. The molecule has 6 heteroatoms. The van der Waals surface area contributed by atoms with E-state index in [9.17, 15) is 25.2 Å². The van der Waals surface area contributed by atoms with Gasteiger partial charge in [-0.15, -0.1) is 0 Å². The monoisotopic (exact) mass is 260 g/mol. The highest BCUT2D eigenvalue weighted by molar-refractivity contribution is 5.96. The normalized spacial score (nSPS) is 11.2. The van der Waals surface area contributed by atoms with Gasteiger partial charge in [-0.1, -0.05) is 0 Å². The Kier molecular flexibility index (Phi) is 2.10. The van der Waals surface area contributed by atoms with E-state index in [0.29, 0.717) is 0 Å². The molecule has 6 nitrogen and oxygen atoms in total. The summed E-state index contributed by atoms with van der Waals surface area (Å²) < 4.78 is 5.32. The summed E-state index contributed by atoms with van der Waals surface area (Å²) >= 11 is 0. The summed E-state index contributed by atoms with van der Waals surface area (Å²) in [5.41, 5.74) is -0.731. The predicted molar refractivity (Wildman–Crippen MR) is 66.6 cm³/mol. The van der Waals surface area contributed by atoms with E-state index >= 15 is 0 Å². The summed E-state index contributed by atoms with van der Waals surface area (Å²) in [7, 11) is 0. The molecule has 2 aromatic carbocycles. The molecule has 0 unspecified atom stereocenters. The van der Waals surface area contributed by atoms with Crippen LogP contribution in [0.4, 0.5) is 0 Å². The van der Waals surface area contributed by atoms with Gasteiger partial charge in [0.25, 0.3) is 0 Å². The zero-order valence-corrected chi connectivity index (χ0v) is 9.41. The van der Waals surface area contributed by atoms with Crippen LogP contribution in [0.1, 0.15) is 0 Å². The lowest BCUT2D eigenvalue weighted by Gasteiger charge is -2.06. The van der Waals surface area contributed by atoms with Crippen molar-refractivity contribution in [2.24, 2.45) is 0 Å². The third kappa shape index (κ3) is 1.46. The van der Waals surface area contributed by atoms with Crippen molar-refractivity contribution in [2.75, 3.05) is 0 Å². The van der Waals surface area contributed by atoms with Gasteiger partial charge in [-0.05, 0) is 18.2 Å². The van der Waals surface area contributed by atoms with Crippen molar-refractivity contribution in [3.63, 3.8) is 0 Å². The van der Waals surface area contributed by atoms with Crippen molar-refractivity contribution < 1.29 is 24.8 Å². The minimum atomic E-state index is -0.657. The van der Waals surface area contributed by atoms with Crippen LogP contribution in [0, 0.1) is 0 Å². The average Bonchev–Trinajstić information content (AvgIpc) is 2.35. The Bertz CT molecular complexity index is 878. The number of phenolic OH excluding ortho intramolecular Hbond substituents is 4. The van der Waals surface area contributed by atoms with Crippen LogP contribution in [0.15, 0.2) is 33.5 Å². The Hall–Kier alpha value is -2.89. The van der Waals surface area contributed by atoms with Gasteiger partial charge in [0.05, 0.1) is 5.39 Å². The molecule has 0 saturated carbocycles. The van der Waals surface area contributed by atoms with Gasteiger partial charge in [-0.3, -0.25) is 4.79 Å². The van der Waals surface area contributed by atoms with E-state index < -0.39 is 16.9 Å². The first-order valence-corrected chi connectivity index (χ1v) is 5.32. The molecule has 0 aliphatic rings. The highest BCUT2D eigenvalue weighted by Gasteiger charge is 2.16. The van der Waals surface area contributed by atoms with Crippen molar-refractivity contribution in [2.45, 2.75) is 0 Å². The Labute approximate surface area is 105 Å². The number of benzene rings is 2. The van der Waals surface area contributed by atoms with Gasteiger partial charge in [0, 0.05) is 6.07 Å². The summed E-state index contributed by atoms with van der Waals surface area (Å²) in [5, 5.41) is 37.8. The Balaban J connectivity index is 2.65. The molecule has 1 heterocycles. The molecular formula is C13H8O6. The van der Waals surface area contributed by atoms with E-state index in [-0.39, 0.29) is 33.4 Å². The second kappa shape index (κ2) is 3.55. The third-order valence-electron chi connectivity index (χ3n) is 2.86. The number of hydrogen-bond acceptors (Lipinski definition) is 6. The molecule has 0 fully saturated rings. The van der Waals surface area contributed by atoms with Crippen molar-refractivity contribution in [3.8, 4) is 23.0 Å². The van der Waals surface area contributed by atoms with Gasteiger partial charge >= 0.3 is 0 Å². The maximum absolute atomic E-state index is 12.2. The Morgan fingerprint density at radius 2 is 1.68 bits per heavy atom. The van der Waals surface area contributed by atoms with Crippen LogP contribution >= 0.6 is 0 Å². The molecule has 0 spiro atoms. The molecule has 0 aliphatic carbocycles. The molecule has 0 saturated heterocycles. The lowest BCUT2D eigenvalue weighted by atomic mass is 10.1. The topological polar surface area (TPSA) is 111 Å². The van der Waals surface area contributed by atoms with Gasteiger partial charge in [0.1, 0.15) is 16.7 Å². The SMILES string of the molecule is O=c1c2cc(O)cc(O)c2oc2ccc(O)c(O)c12. The van der Waals surface area contributed by atoms with Crippen LogP contribution in [0.5, 0.6) is 23.0 Å². The first-order valence-electron chi connectivity index (χ1n) is 5.32. The zero-order chi connectivity index (χ0) is 13.7. The van der Waals surface area contributed by atoms with Crippen LogP contribution in [0.3, 0.4) is 0 Å². The fourth-order valence-electron chi connectivity index (χ4n) is 1.99. The van der Waals surface area contributed by atoms with Crippen LogP contribution in [-0.2, 0) is 0 Å². The molecule has 96 valence electrons. The summed E-state index contributed by atoms with van der Waals surface area (Å²) in [6, 6.07) is 4.63. The van der Waals surface area contributed by atoms with E-state index in [2.05, 4.69) is 0 Å². The van der Waals surface area contributed by atoms with Crippen LogP contribution in [0.2, 0.25) is 0 Å². The quantitative estimate of drug-likeness (QED) is 0.362. The Morgan fingerprint density at radius 1 is 0.947 bits per heavy atom. The molecule has 0 amide bonds. The smallest absolute Gasteiger partial charge is 0.204 e. The largest absolute Gasteiger partial charge is 0.508 e. The Morgan fingerprint density at radius 3 is 2.42 bits per heavy atom. The third-order valence-corrected chi connectivity index (χ3v) is 2.86. The molecule has 0 aliphatic heterocycles. The number of fused-ring (bicyclic) bond motifs is 2. The molecule has 3 rings (SSSR count). The van der Waals surface area contributed by atoms with Gasteiger partial charge in [-0.25, -0.2) is 0 Å². The van der Waals surface area contributed by atoms with Crippen molar-refractivity contribution in [1.82, 2.24) is 0 Å². The average molecular weight is 260 g/mol. The van der Waals surface area contributed by atoms with Crippen LogP contribution in [-0.4, -0.2) is 20.4 Å². The second-order valence-electron chi connectivity index (χ2n) is 4.08. The van der Waals surface area contributed by atoms with E-state index in [1.165, 1.54) is 12.1 Å². The van der Waals surface area contributed by atoms with Crippen molar-refractivity contribution >= 4 is 21.9 Å². The van der Waals surface area contributed by atoms with E-state index in [1.54, 1.807) is 0 Å². The standard InChI is InChI=1S/C13H8O6/c14-5-3-6-11(17)10-9(2-1-7(15)12(10)18)19-13(6)8(16)4-5/h1-4,14-16,18H. The van der Waals surface area contributed by atoms with E-state index in [4.69, 9.17) is 4.42 Å². The molecule has 0 atom stereocenters. The molecule has 19 heavy (non-hydrogen) atoms. The molecule has 1 aromatic heterocycles. The second-order valence-corrected chi connectivity index (χ2v) is 4.08. The van der Waals surface area contributed by atoms with Crippen LogP contribution < -0.4 is 5.43 Å². The predicted octanol–water partition coefficient (Wildman–Crippen LogP) is 1.77. The van der Waals surface area contributed by atoms with Gasteiger partial charge in [-0.2, -0.15) is 0 Å². The van der Waals surface area contributed by atoms with Crippen LogP contribution in [0.25, 0.3) is 21.9 Å². The first-order chi connectivity index (χ1) is 8.99. The highest BCUT2D eigenvalue weighted by atomic mass is 16.4. The number of phenols is 4. The van der Waals surface area contributed by atoms with Gasteiger partial charge in [0.2, 0.25) is 5.43 Å². The number of hydrogen-bond donors (Lipinski definition) is 4. The molecule has 0 bridgehead atoms. The lowest BCUT2D eigenvalue weighted by molar-refractivity contribution is 0.407. The molecule has 0 radical (unpaired) electrons. The van der Waals surface area contributed by atoms with E-state index in [0.717, 1.165) is 12.1 Å². The number of aromatic hydroxyl groups is 4. The summed E-state index contributed by atoms with van der Waals surface area (Å²) in [6.45, 7) is 0. The summed E-state index contributed by atoms with van der Waals surface area (Å²) in [6.07, 6.45) is 0. The fourth-order valence-corrected chi connectivity index (χ4v) is 1.99. The zero-order valence-electron chi connectivity index (χ0n) is 9.41. The minimum Gasteiger partial charge on any atom is -0.508 e. The fraction of sp³-hybridized carbons (Fsp3) is 0. The highest BCUT2D eigenvalue weighted by Crippen LogP contribution is 2.35. The summed E-state index contributed by atoms with van der Waals surface area (Å²) in [4.78, 5) is 12.2. The molecule has 4 N–H and O–H groups in total.